The Morgan fingerprint density at radius 1 is 1.35 bits per heavy atom. The van der Waals surface area contributed by atoms with Gasteiger partial charge in [0.15, 0.2) is 0 Å². The molecule has 1 aliphatic heterocycles. The molecule has 1 aromatic carbocycles. The van der Waals surface area contributed by atoms with Gasteiger partial charge >= 0.3 is 0 Å². The maximum Gasteiger partial charge on any atom is 0.242 e. The molecule has 1 saturated heterocycles. The summed E-state index contributed by atoms with van der Waals surface area (Å²) in [7, 11) is 0. The Morgan fingerprint density at radius 3 is 2.80 bits per heavy atom. The van der Waals surface area contributed by atoms with Crippen molar-refractivity contribution in [1.82, 2.24) is 16.1 Å². The molecular formula is C14H18N4O2. The van der Waals surface area contributed by atoms with Crippen LogP contribution in [0.3, 0.4) is 0 Å². The van der Waals surface area contributed by atoms with Gasteiger partial charge in [0.25, 0.3) is 0 Å². The van der Waals surface area contributed by atoms with Gasteiger partial charge < -0.3 is 10.6 Å². The molecule has 106 valence electrons. The molecule has 0 aromatic heterocycles. The maximum atomic E-state index is 11.8. The highest BCUT2D eigenvalue weighted by Gasteiger charge is 2.23. The molecule has 0 saturated carbocycles. The van der Waals surface area contributed by atoms with Crippen molar-refractivity contribution < 1.29 is 9.59 Å². The van der Waals surface area contributed by atoms with Crippen LogP contribution in [0.1, 0.15) is 18.9 Å². The number of rotatable bonds is 4. The third kappa shape index (κ3) is 3.89. The average molecular weight is 274 g/mol. The van der Waals surface area contributed by atoms with Crippen LogP contribution in [0, 0.1) is 0 Å². The van der Waals surface area contributed by atoms with Gasteiger partial charge in [0.1, 0.15) is 0 Å². The molecule has 6 heteroatoms. The fourth-order valence-electron chi connectivity index (χ4n) is 1.93. The van der Waals surface area contributed by atoms with Gasteiger partial charge in [-0.1, -0.05) is 30.3 Å². The third-order valence-electron chi connectivity index (χ3n) is 3.06. The van der Waals surface area contributed by atoms with Gasteiger partial charge in [0.2, 0.25) is 11.8 Å². The number of carbonyl (C=O) groups excluding carboxylic acids is 2. The van der Waals surface area contributed by atoms with Crippen LogP contribution in [0.25, 0.3) is 0 Å². The van der Waals surface area contributed by atoms with Gasteiger partial charge in [0, 0.05) is 13.1 Å². The molecule has 1 aromatic rings. The second-order valence-electron chi connectivity index (χ2n) is 4.60. The van der Waals surface area contributed by atoms with E-state index in [0.29, 0.717) is 13.1 Å². The van der Waals surface area contributed by atoms with Gasteiger partial charge in [-0.05, 0) is 12.5 Å². The van der Waals surface area contributed by atoms with Gasteiger partial charge in [-0.2, -0.15) is 5.10 Å². The molecule has 2 rings (SSSR count). The topological polar surface area (TPSA) is 82.6 Å². The summed E-state index contributed by atoms with van der Waals surface area (Å²) in [6.07, 6.45) is 0.0808. The highest BCUT2D eigenvalue weighted by Crippen LogP contribution is 2.00. The Hall–Kier alpha value is -2.21. The van der Waals surface area contributed by atoms with Gasteiger partial charge in [-0.25, -0.2) is 5.43 Å². The van der Waals surface area contributed by atoms with Gasteiger partial charge in [-0.3, -0.25) is 9.59 Å². The quantitative estimate of drug-likeness (QED) is 0.534. The Kier molecular flexibility index (Phi) is 4.84. The van der Waals surface area contributed by atoms with E-state index in [1.54, 1.807) is 0 Å². The second-order valence-corrected chi connectivity index (χ2v) is 4.60. The lowest BCUT2D eigenvalue weighted by Crippen LogP contribution is -2.54. The molecule has 0 unspecified atom stereocenters. The van der Waals surface area contributed by atoms with Gasteiger partial charge in [0.05, 0.1) is 18.2 Å². The van der Waals surface area contributed by atoms with E-state index < -0.39 is 6.04 Å². The first kappa shape index (κ1) is 14.2. The smallest absolute Gasteiger partial charge is 0.242 e. The minimum absolute atomic E-state index is 0.0808. The van der Waals surface area contributed by atoms with E-state index in [4.69, 9.17) is 0 Å². The van der Waals surface area contributed by atoms with Crippen molar-refractivity contribution in [3.8, 4) is 0 Å². The second kappa shape index (κ2) is 6.81. The summed E-state index contributed by atoms with van der Waals surface area (Å²) in [5.74, 6) is -0.426. The first-order valence-electron chi connectivity index (χ1n) is 6.56. The van der Waals surface area contributed by atoms with Crippen molar-refractivity contribution in [3.05, 3.63) is 35.9 Å². The van der Waals surface area contributed by atoms with E-state index in [0.717, 1.165) is 11.3 Å². The van der Waals surface area contributed by atoms with Crippen LogP contribution in [-0.2, 0) is 9.59 Å². The number of piperazine rings is 1. The van der Waals surface area contributed by atoms with Crippen LogP contribution in [0.15, 0.2) is 35.4 Å². The van der Waals surface area contributed by atoms with Crippen LogP contribution < -0.4 is 16.1 Å². The van der Waals surface area contributed by atoms with E-state index in [1.807, 2.05) is 37.3 Å². The standard InChI is InChI=1S/C14H18N4O2/c1-10(11-5-3-2-4-6-11)17-18-13(19)9-12-14(20)16-8-7-15-12/h2-6,12,15H,7-9H2,1H3,(H,16,20)(H,18,19)/b17-10-/t12-/m0/s1. The summed E-state index contributed by atoms with van der Waals surface area (Å²) in [4.78, 5) is 23.3. The lowest BCUT2D eigenvalue weighted by atomic mass is 10.1. The average Bonchev–Trinajstić information content (AvgIpc) is 2.48. The predicted molar refractivity (Wildman–Crippen MR) is 76.2 cm³/mol. The van der Waals surface area contributed by atoms with Crippen molar-refractivity contribution in [3.63, 3.8) is 0 Å². The maximum absolute atomic E-state index is 11.8. The Balaban J connectivity index is 1.87. The molecule has 20 heavy (non-hydrogen) atoms. The molecule has 0 spiro atoms. The fourth-order valence-corrected chi connectivity index (χ4v) is 1.93. The zero-order valence-corrected chi connectivity index (χ0v) is 11.3. The molecule has 2 amide bonds. The molecule has 0 bridgehead atoms. The van der Waals surface area contributed by atoms with Crippen molar-refractivity contribution >= 4 is 17.5 Å². The summed E-state index contributed by atoms with van der Waals surface area (Å²) in [5.41, 5.74) is 4.15. The summed E-state index contributed by atoms with van der Waals surface area (Å²) in [5, 5.41) is 9.75. The van der Waals surface area contributed by atoms with E-state index in [1.165, 1.54) is 0 Å². The number of benzene rings is 1. The molecule has 3 N–H and O–H groups in total. The summed E-state index contributed by atoms with van der Waals surface area (Å²) in [6, 6.07) is 9.10. The Bertz CT molecular complexity index is 513. The molecule has 1 heterocycles. The number of hydrogen-bond donors (Lipinski definition) is 3. The van der Waals surface area contributed by atoms with Gasteiger partial charge in [-0.15, -0.1) is 0 Å². The number of nitrogens with zero attached hydrogens (tertiary/aromatic N) is 1. The number of hydrazone groups is 1. The number of amides is 2. The summed E-state index contributed by atoms with van der Waals surface area (Å²) < 4.78 is 0. The van der Waals surface area contributed by atoms with Crippen LogP contribution >= 0.6 is 0 Å². The lowest BCUT2D eigenvalue weighted by Gasteiger charge is -2.22. The molecule has 0 aliphatic carbocycles. The monoisotopic (exact) mass is 274 g/mol. The zero-order chi connectivity index (χ0) is 14.4. The zero-order valence-electron chi connectivity index (χ0n) is 11.3. The molecular weight excluding hydrogens is 256 g/mol. The predicted octanol–water partition coefficient (Wildman–Crippen LogP) is 0.00490. The minimum atomic E-state index is -0.476. The van der Waals surface area contributed by atoms with Crippen LogP contribution in [0.2, 0.25) is 0 Å². The molecule has 6 nitrogen and oxygen atoms in total. The summed E-state index contributed by atoms with van der Waals surface area (Å²) in [6.45, 7) is 3.10. The van der Waals surface area contributed by atoms with E-state index >= 15 is 0 Å². The lowest BCUT2D eigenvalue weighted by molar-refractivity contribution is -0.129. The third-order valence-corrected chi connectivity index (χ3v) is 3.06. The fraction of sp³-hybridized carbons (Fsp3) is 0.357. The Labute approximate surface area is 117 Å². The van der Waals surface area contributed by atoms with E-state index in [9.17, 15) is 9.59 Å². The van der Waals surface area contributed by atoms with Crippen molar-refractivity contribution in [2.24, 2.45) is 5.10 Å². The minimum Gasteiger partial charge on any atom is -0.353 e. The number of nitrogens with one attached hydrogen (secondary N) is 3. The van der Waals surface area contributed by atoms with Crippen molar-refractivity contribution in [2.45, 2.75) is 19.4 Å². The first-order valence-corrected chi connectivity index (χ1v) is 6.56. The van der Waals surface area contributed by atoms with E-state index in [2.05, 4.69) is 21.2 Å². The van der Waals surface area contributed by atoms with Crippen molar-refractivity contribution in [2.75, 3.05) is 13.1 Å². The molecule has 1 aliphatic rings. The Morgan fingerprint density at radius 2 is 2.10 bits per heavy atom. The highest BCUT2D eigenvalue weighted by atomic mass is 16.2. The van der Waals surface area contributed by atoms with Crippen LogP contribution in [0.5, 0.6) is 0 Å². The largest absolute Gasteiger partial charge is 0.353 e. The van der Waals surface area contributed by atoms with Crippen molar-refractivity contribution in [1.29, 1.82) is 0 Å². The first-order chi connectivity index (χ1) is 9.66. The molecule has 0 radical (unpaired) electrons. The van der Waals surface area contributed by atoms with Crippen LogP contribution in [0.4, 0.5) is 0 Å². The van der Waals surface area contributed by atoms with E-state index in [-0.39, 0.29) is 18.2 Å². The number of hydrogen-bond acceptors (Lipinski definition) is 4. The molecule has 1 fully saturated rings. The number of carbonyl (C=O) groups is 2. The molecule has 1 atom stereocenters. The van der Waals surface area contributed by atoms with Crippen LogP contribution in [-0.4, -0.2) is 36.7 Å². The SMILES string of the molecule is C/C(=N/NC(=O)C[C@@H]1NCCNC1=O)c1ccccc1. The highest BCUT2D eigenvalue weighted by molar-refractivity contribution is 5.99. The normalized spacial score (nSPS) is 19.4. The summed E-state index contributed by atoms with van der Waals surface area (Å²) >= 11 is 0.